The van der Waals surface area contributed by atoms with E-state index in [1.807, 2.05) is 24.3 Å². The molecule has 2 unspecified atom stereocenters. The summed E-state index contributed by atoms with van der Waals surface area (Å²) >= 11 is 5.98. The molecule has 2 rings (SSSR count). The van der Waals surface area contributed by atoms with E-state index in [-0.39, 0.29) is 11.5 Å². The average molecular weight is 360 g/mol. The Labute approximate surface area is 153 Å². The van der Waals surface area contributed by atoms with Gasteiger partial charge in [0.05, 0.1) is 10.6 Å². The monoisotopic (exact) mass is 359 g/mol. The van der Waals surface area contributed by atoms with Crippen molar-refractivity contribution >= 4 is 29.2 Å². The van der Waals surface area contributed by atoms with Crippen LogP contribution in [0.1, 0.15) is 49.0 Å². The lowest BCUT2D eigenvalue weighted by Gasteiger charge is -2.18. The predicted molar refractivity (Wildman–Crippen MR) is 100 cm³/mol. The first-order valence-corrected chi connectivity index (χ1v) is 8.67. The number of carbonyl (C=O) groups excluding carboxylic acids is 2. The van der Waals surface area contributed by atoms with Gasteiger partial charge in [-0.3, -0.25) is 4.79 Å². The summed E-state index contributed by atoms with van der Waals surface area (Å²) in [5.41, 5.74) is 2.04. The van der Waals surface area contributed by atoms with E-state index in [4.69, 9.17) is 16.3 Å². The first-order valence-electron chi connectivity index (χ1n) is 8.29. The summed E-state index contributed by atoms with van der Waals surface area (Å²) in [6.07, 6.45) is 0.0259. The number of hydrogen-bond donors (Lipinski definition) is 1. The van der Waals surface area contributed by atoms with Gasteiger partial charge in [-0.15, -0.1) is 0 Å². The van der Waals surface area contributed by atoms with Gasteiger partial charge >= 0.3 is 5.97 Å². The molecule has 1 N–H and O–H groups in total. The van der Waals surface area contributed by atoms with E-state index in [1.54, 1.807) is 24.3 Å². The highest BCUT2D eigenvalue weighted by molar-refractivity contribution is 6.33. The summed E-state index contributed by atoms with van der Waals surface area (Å²) in [5, 5.41) is 3.14. The molecule has 4 nitrogen and oxygen atoms in total. The quantitative estimate of drug-likeness (QED) is 0.735. The number of ether oxygens (including phenoxy) is 1. The second kappa shape index (κ2) is 8.67. The minimum absolute atomic E-state index is 0.240. The van der Waals surface area contributed by atoms with E-state index in [1.165, 1.54) is 6.92 Å². The third kappa shape index (κ3) is 4.83. The summed E-state index contributed by atoms with van der Waals surface area (Å²) in [4.78, 5) is 24.6. The molecule has 5 heteroatoms. The smallest absolute Gasteiger partial charge is 0.340 e. The van der Waals surface area contributed by atoms with Crippen molar-refractivity contribution in [2.75, 3.05) is 5.32 Å². The maximum atomic E-state index is 12.4. The largest absolute Gasteiger partial charge is 0.449 e. The van der Waals surface area contributed by atoms with Gasteiger partial charge in [0.15, 0.2) is 6.10 Å². The molecule has 0 aliphatic heterocycles. The topological polar surface area (TPSA) is 55.4 Å². The molecule has 2 atom stereocenters. The first kappa shape index (κ1) is 19.0. The van der Waals surface area contributed by atoms with Crippen LogP contribution in [0.5, 0.6) is 0 Å². The minimum atomic E-state index is -0.936. The van der Waals surface area contributed by atoms with E-state index in [9.17, 15) is 9.59 Å². The molecule has 2 aromatic rings. The highest BCUT2D eigenvalue weighted by Gasteiger charge is 2.21. The summed E-state index contributed by atoms with van der Waals surface area (Å²) in [7, 11) is 0. The standard InChI is InChI=1S/C20H22ClNO3/c1-4-13(2)15-9-6-8-12-18(15)22-19(23)14(3)25-20(24)16-10-5-7-11-17(16)21/h5-14H,4H2,1-3H3,(H,22,23). The Morgan fingerprint density at radius 2 is 1.72 bits per heavy atom. The van der Waals surface area contributed by atoms with Crippen LogP contribution in [0.4, 0.5) is 5.69 Å². The van der Waals surface area contributed by atoms with Crippen LogP contribution in [0.25, 0.3) is 0 Å². The molecule has 0 saturated heterocycles. The number of para-hydroxylation sites is 1. The van der Waals surface area contributed by atoms with Crippen LogP contribution >= 0.6 is 11.6 Å². The van der Waals surface area contributed by atoms with Crippen LogP contribution in [-0.4, -0.2) is 18.0 Å². The van der Waals surface area contributed by atoms with E-state index < -0.39 is 12.1 Å². The number of rotatable bonds is 6. The van der Waals surface area contributed by atoms with Crippen LogP contribution in [0, 0.1) is 0 Å². The molecule has 0 spiro atoms. The number of benzene rings is 2. The van der Waals surface area contributed by atoms with Gasteiger partial charge in [0, 0.05) is 5.69 Å². The fourth-order valence-corrected chi connectivity index (χ4v) is 2.61. The second-order valence-electron chi connectivity index (χ2n) is 5.91. The van der Waals surface area contributed by atoms with E-state index in [0.717, 1.165) is 17.7 Å². The average Bonchev–Trinajstić information content (AvgIpc) is 2.61. The molecule has 0 aromatic heterocycles. The summed E-state index contributed by atoms with van der Waals surface area (Å²) in [5.74, 6) is -0.683. The molecule has 132 valence electrons. The van der Waals surface area contributed by atoms with Gasteiger partial charge in [-0.2, -0.15) is 0 Å². The Morgan fingerprint density at radius 3 is 2.40 bits per heavy atom. The van der Waals surface area contributed by atoms with Crippen LogP contribution in [0.15, 0.2) is 48.5 Å². The molecule has 0 heterocycles. The van der Waals surface area contributed by atoms with Gasteiger partial charge in [-0.05, 0) is 43.0 Å². The van der Waals surface area contributed by atoms with Crippen LogP contribution in [0.2, 0.25) is 5.02 Å². The van der Waals surface area contributed by atoms with Crippen molar-refractivity contribution in [3.63, 3.8) is 0 Å². The highest BCUT2D eigenvalue weighted by Crippen LogP contribution is 2.26. The number of nitrogens with one attached hydrogen (secondary N) is 1. The first-order chi connectivity index (χ1) is 11.9. The van der Waals surface area contributed by atoms with E-state index in [2.05, 4.69) is 19.2 Å². The number of halogens is 1. The van der Waals surface area contributed by atoms with Crippen LogP contribution in [-0.2, 0) is 9.53 Å². The van der Waals surface area contributed by atoms with Crippen molar-refractivity contribution in [2.45, 2.75) is 39.2 Å². The zero-order chi connectivity index (χ0) is 18.4. The number of esters is 1. The Bertz CT molecular complexity index is 760. The highest BCUT2D eigenvalue weighted by atomic mass is 35.5. The van der Waals surface area contributed by atoms with Gasteiger partial charge in [0.25, 0.3) is 5.91 Å². The molecule has 0 aliphatic carbocycles. The van der Waals surface area contributed by atoms with Crippen molar-refractivity contribution in [1.29, 1.82) is 0 Å². The van der Waals surface area contributed by atoms with Crippen molar-refractivity contribution in [3.05, 3.63) is 64.7 Å². The number of amides is 1. The molecule has 2 aromatic carbocycles. The van der Waals surface area contributed by atoms with Gasteiger partial charge in [-0.25, -0.2) is 4.79 Å². The Kier molecular flexibility index (Phi) is 6.59. The summed E-state index contributed by atoms with van der Waals surface area (Å²) in [6.45, 7) is 5.74. The molecular weight excluding hydrogens is 338 g/mol. The maximum Gasteiger partial charge on any atom is 0.340 e. The number of hydrogen-bond acceptors (Lipinski definition) is 3. The lowest BCUT2D eigenvalue weighted by molar-refractivity contribution is -0.123. The lowest BCUT2D eigenvalue weighted by atomic mass is 9.97. The van der Waals surface area contributed by atoms with Gasteiger partial charge in [0.2, 0.25) is 0 Å². The van der Waals surface area contributed by atoms with Crippen molar-refractivity contribution in [3.8, 4) is 0 Å². The predicted octanol–water partition coefficient (Wildman–Crippen LogP) is 5.04. The van der Waals surface area contributed by atoms with E-state index >= 15 is 0 Å². The van der Waals surface area contributed by atoms with Gasteiger partial charge in [-0.1, -0.05) is 55.8 Å². The number of anilines is 1. The zero-order valence-corrected chi connectivity index (χ0v) is 15.3. The molecule has 25 heavy (non-hydrogen) atoms. The molecular formula is C20H22ClNO3. The minimum Gasteiger partial charge on any atom is -0.449 e. The molecule has 1 amide bonds. The molecule has 0 aliphatic rings. The van der Waals surface area contributed by atoms with Crippen LogP contribution in [0.3, 0.4) is 0 Å². The van der Waals surface area contributed by atoms with Crippen LogP contribution < -0.4 is 5.32 Å². The van der Waals surface area contributed by atoms with Crippen molar-refractivity contribution in [2.24, 2.45) is 0 Å². The Morgan fingerprint density at radius 1 is 1.08 bits per heavy atom. The van der Waals surface area contributed by atoms with Gasteiger partial charge in [0.1, 0.15) is 0 Å². The molecule has 0 fully saturated rings. The summed E-state index contributed by atoms with van der Waals surface area (Å²) in [6, 6.07) is 14.2. The lowest BCUT2D eigenvalue weighted by Crippen LogP contribution is -2.30. The van der Waals surface area contributed by atoms with Crippen molar-refractivity contribution in [1.82, 2.24) is 0 Å². The third-order valence-electron chi connectivity index (χ3n) is 4.11. The maximum absolute atomic E-state index is 12.4. The molecule has 0 radical (unpaired) electrons. The summed E-state index contributed by atoms with van der Waals surface area (Å²) < 4.78 is 5.24. The Balaban J connectivity index is 2.06. The Hall–Kier alpha value is -2.33. The van der Waals surface area contributed by atoms with Gasteiger partial charge < -0.3 is 10.1 Å². The van der Waals surface area contributed by atoms with E-state index in [0.29, 0.717) is 10.9 Å². The fourth-order valence-electron chi connectivity index (χ4n) is 2.40. The van der Waals surface area contributed by atoms with Crippen molar-refractivity contribution < 1.29 is 14.3 Å². The zero-order valence-electron chi connectivity index (χ0n) is 14.6. The third-order valence-corrected chi connectivity index (χ3v) is 4.44. The molecule has 0 saturated carbocycles. The SMILES string of the molecule is CCC(C)c1ccccc1NC(=O)C(C)OC(=O)c1ccccc1Cl. The second-order valence-corrected chi connectivity index (χ2v) is 6.32. The number of carbonyl (C=O) groups is 2. The normalized spacial score (nSPS) is 13.0. The fraction of sp³-hybridized carbons (Fsp3) is 0.300. The molecule has 0 bridgehead atoms.